The highest BCUT2D eigenvalue weighted by atomic mass is 15.3. The van der Waals surface area contributed by atoms with Gasteiger partial charge in [0, 0.05) is 38.3 Å². The molecule has 2 aromatic heterocycles. The van der Waals surface area contributed by atoms with Gasteiger partial charge >= 0.3 is 0 Å². The van der Waals surface area contributed by atoms with Gasteiger partial charge in [0.05, 0.1) is 0 Å². The van der Waals surface area contributed by atoms with E-state index < -0.39 is 0 Å². The lowest BCUT2D eigenvalue weighted by molar-refractivity contribution is 0.743. The van der Waals surface area contributed by atoms with Gasteiger partial charge in [0.2, 0.25) is 0 Å². The van der Waals surface area contributed by atoms with Crippen LogP contribution in [0, 0.1) is 6.92 Å². The lowest BCUT2D eigenvalue weighted by Gasteiger charge is -2.07. The first-order valence-electron chi connectivity index (χ1n) is 5.95. The van der Waals surface area contributed by atoms with Crippen molar-refractivity contribution in [2.24, 2.45) is 7.05 Å². The normalized spacial score (nSPS) is 10.4. The van der Waals surface area contributed by atoms with Gasteiger partial charge < -0.3 is 10.6 Å². The maximum Gasteiger partial charge on any atom is 0.153 e. The van der Waals surface area contributed by atoms with E-state index >= 15 is 0 Å². The molecule has 0 atom stereocenters. The second-order valence-electron chi connectivity index (χ2n) is 4.08. The Morgan fingerprint density at radius 3 is 2.44 bits per heavy atom. The van der Waals surface area contributed by atoms with Crippen LogP contribution in [0.15, 0.2) is 12.1 Å². The minimum absolute atomic E-state index is 0.754. The van der Waals surface area contributed by atoms with Gasteiger partial charge in [-0.2, -0.15) is 5.10 Å². The van der Waals surface area contributed by atoms with E-state index in [9.17, 15) is 0 Å². The Labute approximate surface area is 106 Å². The maximum absolute atomic E-state index is 4.42. The van der Waals surface area contributed by atoms with Gasteiger partial charge in [0.25, 0.3) is 0 Å². The van der Waals surface area contributed by atoms with Crippen molar-refractivity contribution in [2.75, 3.05) is 17.7 Å². The summed E-state index contributed by atoms with van der Waals surface area (Å²) in [5.41, 5.74) is 1.09. The number of aryl methyl sites for hydroxylation is 3. The number of rotatable bonds is 4. The number of hydrogen-bond donors (Lipinski definition) is 2. The van der Waals surface area contributed by atoms with E-state index in [1.165, 1.54) is 0 Å². The van der Waals surface area contributed by atoms with Crippen LogP contribution in [-0.2, 0) is 13.5 Å². The topological polar surface area (TPSA) is 67.7 Å². The molecular weight excluding hydrogens is 228 g/mol. The number of anilines is 3. The fourth-order valence-electron chi connectivity index (χ4n) is 1.60. The molecular formula is C12H18N6. The molecule has 2 N–H and O–H groups in total. The summed E-state index contributed by atoms with van der Waals surface area (Å²) in [5, 5.41) is 10.6. The van der Waals surface area contributed by atoms with Crippen LogP contribution in [0.1, 0.15) is 18.4 Å². The lowest BCUT2D eigenvalue weighted by Crippen LogP contribution is -2.03. The Bertz CT molecular complexity index is 504. The standard InChI is InChI=1S/C12H18N6/c1-5-9-14-10(13-3)7-11(15-9)16-12-6-8(2)18(4)17-12/h6-7H,5H2,1-4H3,(H2,13,14,15,16,17). The van der Waals surface area contributed by atoms with Crippen molar-refractivity contribution in [2.45, 2.75) is 20.3 Å². The molecule has 2 heterocycles. The maximum atomic E-state index is 4.42. The van der Waals surface area contributed by atoms with Crippen LogP contribution in [0.25, 0.3) is 0 Å². The van der Waals surface area contributed by atoms with E-state index in [1.54, 1.807) is 0 Å². The minimum atomic E-state index is 0.754. The average Bonchev–Trinajstić information content (AvgIpc) is 2.67. The summed E-state index contributed by atoms with van der Waals surface area (Å²) in [4.78, 5) is 8.77. The van der Waals surface area contributed by atoms with E-state index in [0.717, 1.165) is 35.4 Å². The summed E-state index contributed by atoms with van der Waals surface area (Å²) in [6.45, 7) is 4.04. The van der Waals surface area contributed by atoms with Crippen LogP contribution in [-0.4, -0.2) is 26.8 Å². The first kappa shape index (κ1) is 12.3. The van der Waals surface area contributed by atoms with E-state index in [-0.39, 0.29) is 0 Å². The Hall–Kier alpha value is -2.11. The summed E-state index contributed by atoms with van der Waals surface area (Å²) < 4.78 is 1.82. The van der Waals surface area contributed by atoms with Crippen molar-refractivity contribution in [3.05, 3.63) is 23.7 Å². The molecule has 0 saturated heterocycles. The summed E-state index contributed by atoms with van der Waals surface area (Å²) in [6.07, 6.45) is 0.797. The SMILES string of the molecule is CCc1nc(NC)cc(Nc2cc(C)n(C)n2)n1. The van der Waals surface area contributed by atoms with Gasteiger partial charge in [0.15, 0.2) is 5.82 Å². The van der Waals surface area contributed by atoms with Crippen molar-refractivity contribution >= 4 is 17.5 Å². The zero-order valence-electron chi connectivity index (χ0n) is 11.2. The van der Waals surface area contributed by atoms with Crippen LogP contribution in [0.4, 0.5) is 17.5 Å². The van der Waals surface area contributed by atoms with E-state index in [1.807, 2.05) is 44.8 Å². The van der Waals surface area contributed by atoms with Crippen LogP contribution in [0.2, 0.25) is 0 Å². The quantitative estimate of drug-likeness (QED) is 0.862. The third-order valence-electron chi connectivity index (χ3n) is 2.71. The van der Waals surface area contributed by atoms with Crippen LogP contribution in [0.3, 0.4) is 0 Å². The molecule has 0 amide bonds. The van der Waals surface area contributed by atoms with Gasteiger partial charge in [0.1, 0.15) is 17.5 Å². The second-order valence-corrected chi connectivity index (χ2v) is 4.08. The average molecular weight is 246 g/mol. The van der Waals surface area contributed by atoms with Crippen LogP contribution < -0.4 is 10.6 Å². The molecule has 6 nitrogen and oxygen atoms in total. The Morgan fingerprint density at radius 1 is 1.17 bits per heavy atom. The lowest BCUT2D eigenvalue weighted by atomic mass is 10.4. The predicted octanol–water partition coefficient (Wildman–Crippen LogP) is 1.87. The Kier molecular flexibility index (Phi) is 3.45. The fourth-order valence-corrected chi connectivity index (χ4v) is 1.60. The van der Waals surface area contributed by atoms with Gasteiger partial charge in [-0.15, -0.1) is 0 Å². The highest BCUT2D eigenvalue weighted by molar-refractivity contribution is 5.56. The predicted molar refractivity (Wildman–Crippen MR) is 72.2 cm³/mol. The molecule has 0 unspecified atom stereocenters. The molecule has 0 aromatic carbocycles. The largest absolute Gasteiger partial charge is 0.373 e. The molecule has 96 valence electrons. The summed E-state index contributed by atoms with van der Waals surface area (Å²) >= 11 is 0. The molecule has 0 bridgehead atoms. The van der Waals surface area contributed by atoms with Crippen molar-refractivity contribution in [1.82, 2.24) is 19.7 Å². The van der Waals surface area contributed by atoms with E-state index in [0.29, 0.717) is 0 Å². The first-order valence-corrected chi connectivity index (χ1v) is 5.95. The van der Waals surface area contributed by atoms with Crippen molar-refractivity contribution in [3.63, 3.8) is 0 Å². The van der Waals surface area contributed by atoms with Gasteiger partial charge in [-0.05, 0) is 6.92 Å². The number of nitrogens with one attached hydrogen (secondary N) is 2. The molecule has 0 spiro atoms. The number of hydrogen-bond acceptors (Lipinski definition) is 5. The zero-order valence-corrected chi connectivity index (χ0v) is 11.2. The molecule has 0 radical (unpaired) electrons. The molecule has 0 fully saturated rings. The minimum Gasteiger partial charge on any atom is -0.373 e. The first-order chi connectivity index (χ1) is 8.62. The molecule has 2 rings (SSSR count). The third kappa shape index (κ3) is 2.58. The zero-order chi connectivity index (χ0) is 13.1. The van der Waals surface area contributed by atoms with Gasteiger partial charge in [-0.25, -0.2) is 9.97 Å². The molecule has 6 heteroatoms. The summed E-state index contributed by atoms with van der Waals surface area (Å²) in [6, 6.07) is 3.84. The van der Waals surface area contributed by atoms with E-state index in [2.05, 4.69) is 25.7 Å². The molecule has 2 aromatic rings. The van der Waals surface area contributed by atoms with Crippen LogP contribution in [0.5, 0.6) is 0 Å². The van der Waals surface area contributed by atoms with Crippen LogP contribution >= 0.6 is 0 Å². The van der Waals surface area contributed by atoms with Gasteiger partial charge in [-0.1, -0.05) is 6.92 Å². The van der Waals surface area contributed by atoms with E-state index in [4.69, 9.17) is 0 Å². The number of aromatic nitrogens is 4. The van der Waals surface area contributed by atoms with Crippen molar-refractivity contribution in [1.29, 1.82) is 0 Å². The number of nitrogens with zero attached hydrogens (tertiary/aromatic N) is 4. The third-order valence-corrected chi connectivity index (χ3v) is 2.71. The molecule has 0 aliphatic rings. The monoisotopic (exact) mass is 246 g/mol. The van der Waals surface area contributed by atoms with Crippen molar-refractivity contribution < 1.29 is 0 Å². The second kappa shape index (κ2) is 5.03. The van der Waals surface area contributed by atoms with Gasteiger partial charge in [-0.3, -0.25) is 4.68 Å². The Morgan fingerprint density at radius 2 is 1.89 bits per heavy atom. The van der Waals surface area contributed by atoms with Crippen molar-refractivity contribution in [3.8, 4) is 0 Å². The fraction of sp³-hybridized carbons (Fsp3) is 0.417. The smallest absolute Gasteiger partial charge is 0.153 e. The molecule has 18 heavy (non-hydrogen) atoms. The summed E-state index contributed by atoms with van der Waals surface area (Å²) in [7, 11) is 3.76. The molecule has 0 aliphatic carbocycles. The summed E-state index contributed by atoms with van der Waals surface area (Å²) in [5.74, 6) is 3.15. The highest BCUT2D eigenvalue weighted by Gasteiger charge is 2.05. The Balaban J connectivity index is 2.27. The molecule has 0 aliphatic heterocycles. The highest BCUT2D eigenvalue weighted by Crippen LogP contribution is 2.17. The molecule has 0 saturated carbocycles.